The van der Waals surface area contributed by atoms with Crippen LogP contribution in [-0.2, 0) is 9.53 Å². The molecule has 0 radical (unpaired) electrons. The summed E-state index contributed by atoms with van der Waals surface area (Å²) in [5, 5.41) is 3.62. The van der Waals surface area contributed by atoms with Crippen LogP contribution in [0.1, 0.15) is 43.9 Å². The number of urea groups is 1. The summed E-state index contributed by atoms with van der Waals surface area (Å²) in [6.45, 7) is 6.06. The number of esters is 1. The van der Waals surface area contributed by atoms with Gasteiger partial charge in [0.15, 0.2) is 0 Å². The van der Waals surface area contributed by atoms with Gasteiger partial charge in [0, 0.05) is 17.1 Å². The average Bonchev–Trinajstić information content (AvgIpc) is 2.74. The lowest BCUT2D eigenvalue weighted by Gasteiger charge is -2.35. The van der Waals surface area contributed by atoms with Gasteiger partial charge in [0.1, 0.15) is 12.4 Å². The minimum Gasteiger partial charge on any atom is -0.487 e. The van der Waals surface area contributed by atoms with E-state index in [4.69, 9.17) is 32.7 Å². The lowest BCUT2D eigenvalue weighted by atomic mass is 9.94. The van der Waals surface area contributed by atoms with Gasteiger partial charge in [-0.15, -0.1) is 0 Å². The molecule has 3 rings (SSSR count). The number of hydrogen-bond donors (Lipinski definition) is 1. The molecule has 1 atom stereocenters. The smallest absolute Gasteiger partial charge is 0.338 e. The zero-order chi connectivity index (χ0) is 23.4. The first kappa shape index (κ1) is 24.0. The van der Waals surface area contributed by atoms with E-state index in [1.165, 1.54) is 4.90 Å². The number of ether oxygens (including phenoxy) is 2. The van der Waals surface area contributed by atoms with E-state index in [1.54, 1.807) is 32.2 Å². The molecular weight excluding hydrogens is 451 g/mol. The molecule has 0 aliphatic carbocycles. The molecule has 8 heteroatoms. The number of hydrogen-bond acceptors (Lipinski definition) is 4. The van der Waals surface area contributed by atoms with Gasteiger partial charge >= 0.3 is 12.0 Å². The van der Waals surface area contributed by atoms with Crippen molar-refractivity contribution in [2.75, 3.05) is 20.3 Å². The zero-order valence-corrected chi connectivity index (χ0v) is 20.0. The monoisotopic (exact) mass is 476 g/mol. The third kappa shape index (κ3) is 5.03. The topological polar surface area (TPSA) is 67.9 Å². The van der Waals surface area contributed by atoms with Crippen LogP contribution in [-0.4, -0.2) is 37.2 Å². The maximum Gasteiger partial charge on any atom is 0.338 e. The van der Waals surface area contributed by atoms with E-state index in [0.29, 0.717) is 27.1 Å². The van der Waals surface area contributed by atoms with Crippen molar-refractivity contribution >= 4 is 35.2 Å². The van der Waals surface area contributed by atoms with Crippen LogP contribution in [0.2, 0.25) is 10.0 Å². The second-order valence-corrected chi connectivity index (χ2v) is 8.51. The number of benzene rings is 2. The molecule has 32 heavy (non-hydrogen) atoms. The Kier molecular flexibility index (Phi) is 7.69. The average molecular weight is 477 g/mol. The molecular formula is C24H26Cl2N2O4. The highest BCUT2D eigenvalue weighted by atomic mass is 35.5. The van der Waals surface area contributed by atoms with Crippen LogP contribution in [0.3, 0.4) is 0 Å². The van der Waals surface area contributed by atoms with Crippen LogP contribution in [0.5, 0.6) is 5.75 Å². The van der Waals surface area contributed by atoms with Gasteiger partial charge in [0.25, 0.3) is 0 Å². The minimum absolute atomic E-state index is 0.00348. The molecule has 1 N–H and O–H groups in total. The van der Waals surface area contributed by atoms with E-state index < -0.39 is 12.0 Å². The van der Waals surface area contributed by atoms with Crippen molar-refractivity contribution < 1.29 is 19.1 Å². The van der Waals surface area contributed by atoms with E-state index >= 15 is 0 Å². The molecule has 0 saturated carbocycles. The third-order valence-corrected chi connectivity index (χ3v) is 5.81. The molecule has 2 aromatic rings. The predicted octanol–water partition coefficient (Wildman–Crippen LogP) is 5.71. The molecule has 0 bridgehead atoms. The van der Waals surface area contributed by atoms with Gasteiger partial charge in [-0.3, -0.25) is 4.90 Å². The van der Waals surface area contributed by atoms with Gasteiger partial charge < -0.3 is 14.8 Å². The van der Waals surface area contributed by atoms with Crippen LogP contribution >= 0.6 is 23.2 Å². The fourth-order valence-electron chi connectivity index (χ4n) is 3.59. The summed E-state index contributed by atoms with van der Waals surface area (Å²) in [5.74, 6) is 0.391. The molecule has 0 spiro atoms. The summed E-state index contributed by atoms with van der Waals surface area (Å²) < 4.78 is 11.4. The summed E-state index contributed by atoms with van der Waals surface area (Å²) in [5.41, 5.74) is 2.24. The van der Waals surface area contributed by atoms with Crippen molar-refractivity contribution in [2.45, 2.75) is 32.7 Å². The number of nitrogens with one attached hydrogen (secondary N) is 1. The van der Waals surface area contributed by atoms with Crippen LogP contribution in [0.25, 0.3) is 0 Å². The van der Waals surface area contributed by atoms with Gasteiger partial charge in [-0.25, -0.2) is 9.59 Å². The molecule has 0 aromatic heterocycles. The van der Waals surface area contributed by atoms with Gasteiger partial charge in [0.2, 0.25) is 0 Å². The van der Waals surface area contributed by atoms with Gasteiger partial charge in [-0.05, 0) is 42.2 Å². The molecule has 6 nitrogen and oxygen atoms in total. The second kappa shape index (κ2) is 10.3. The Balaban J connectivity index is 2.08. The number of carbonyl (C=O) groups is 2. The number of rotatable bonds is 7. The minimum atomic E-state index is -0.804. The van der Waals surface area contributed by atoms with Crippen molar-refractivity contribution in [3.05, 3.63) is 74.9 Å². The number of carbonyl (C=O) groups excluding carboxylic acids is 2. The fourth-order valence-corrected chi connectivity index (χ4v) is 4.10. The second-order valence-electron chi connectivity index (χ2n) is 7.67. The van der Waals surface area contributed by atoms with Crippen molar-refractivity contribution in [1.82, 2.24) is 10.2 Å². The molecule has 2 amide bonds. The Morgan fingerprint density at radius 2 is 1.91 bits per heavy atom. The Bertz CT molecular complexity index is 1050. The highest BCUT2D eigenvalue weighted by Gasteiger charge is 2.38. The van der Waals surface area contributed by atoms with E-state index in [0.717, 1.165) is 5.56 Å². The Morgan fingerprint density at radius 1 is 1.19 bits per heavy atom. The van der Waals surface area contributed by atoms with Gasteiger partial charge in [0.05, 0.1) is 23.9 Å². The molecule has 1 unspecified atom stereocenters. The number of nitrogens with zero attached hydrogens (tertiary/aromatic N) is 1. The van der Waals surface area contributed by atoms with Crippen LogP contribution in [0.4, 0.5) is 4.79 Å². The molecule has 2 aromatic carbocycles. The quantitative estimate of drug-likeness (QED) is 0.519. The highest BCUT2D eigenvalue weighted by Crippen LogP contribution is 2.36. The molecule has 1 aliphatic rings. The first-order valence-electron chi connectivity index (χ1n) is 10.4. The SMILES string of the molecule is CCOC(=O)C1=C(COc2ccccc2C(C)C)N(C)C(=O)NC1c1ccc(Cl)cc1Cl. The number of amides is 2. The van der Waals surface area contributed by atoms with E-state index in [1.807, 2.05) is 24.3 Å². The van der Waals surface area contributed by atoms with Gasteiger partial charge in [-0.2, -0.15) is 0 Å². The maximum atomic E-state index is 13.0. The van der Waals surface area contributed by atoms with E-state index in [2.05, 4.69) is 19.2 Å². The molecule has 1 aliphatic heterocycles. The summed E-state index contributed by atoms with van der Waals surface area (Å²) in [6.07, 6.45) is 0. The normalized spacial score (nSPS) is 16.3. The predicted molar refractivity (Wildman–Crippen MR) is 125 cm³/mol. The number of para-hydroxylation sites is 1. The zero-order valence-electron chi connectivity index (χ0n) is 18.4. The summed E-state index contributed by atoms with van der Waals surface area (Å²) >= 11 is 12.5. The van der Waals surface area contributed by atoms with Crippen molar-refractivity contribution in [3.63, 3.8) is 0 Å². The Morgan fingerprint density at radius 3 is 2.56 bits per heavy atom. The van der Waals surface area contributed by atoms with Crippen LogP contribution < -0.4 is 10.1 Å². The standard InChI is InChI=1S/C24H26Cl2N2O4/c1-5-31-23(29)21-19(13-32-20-9-7-6-8-16(20)14(2)3)28(4)24(30)27-22(21)17-11-10-15(25)12-18(17)26/h6-12,14,22H,5,13H2,1-4H3,(H,27,30). The Hall–Kier alpha value is -2.70. The maximum absolute atomic E-state index is 13.0. The lowest BCUT2D eigenvalue weighted by molar-refractivity contribution is -0.139. The van der Waals surface area contributed by atoms with Crippen LogP contribution in [0.15, 0.2) is 53.7 Å². The molecule has 0 fully saturated rings. The van der Waals surface area contributed by atoms with Crippen molar-refractivity contribution in [1.29, 1.82) is 0 Å². The van der Waals surface area contributed by atoms with Crippen LogP contribution in [0, 0.1) is 0 Å². The summed E-state index contributed by atoms with van der Waals surface area (Å²) in [6, 6.07) is 11.4. The number of likely N-dealkylation sites (N-methyl/N-ethyl adjacent to an activating group) is 1. The fraction of sp³-hybridized carbons (Fsp3) is 0.333. The Labute approximate surface area is 198 Å². The van der Waals surface area contributed by atoms with Crippen molar-refractivity contribution in [2.24, 2.45) is 0 Å². The number of halogens is 2. The highest BCUT2D eigenvalue weighted by molar-refractivity contribution is 6.35. The van der Waals surface area contributed by atoms with E-state index in [9.17, 15) is 9.59 Å². The van der Waals surface area contributed by atoms with E-state index in [-0.39, 0.29) is 30.7 Å². The van der Waals surface area contributed by atoms with Crippen molar-refractivity contribution in [3.8, 4) is 5.75 Å². The lowest BCUT2D eigenvalue weighted by Crippen LogP contribution is -2.48. The molecule has 0 saturated heterocycles. The summed E-state index contributed by atoms with van der Waals surface area (Å²) in [7, 11) is 1.58. The van der Waals surface area contributed by atoms with Gasteiger partial charge in [-0.1, -0.05) is 61.3 Å². The summed E-state index contributed by atoms with van der Waals surface area (Å²) in [4.78, 5) is 27.2. The molecule has 1 heterocycles. The molecule has 170 valence electrons. The first-order valence-corrected chi connectivity index (χ1v) is 11.1. The largest absolute Gasteiger partial charge is 0.487 e. The third-order valence-electron chi connectivity index (χ3n) is 5.25. The first-order chi connectivity index (χ1) is 15.2.